The Bertz CT molecular complexity index is 331. The van der Waals surface area contributed by atoms with Gasteiger partial charge in [0.05, 0.1) is 12.6 Å². The van der Waals surface area contributed by atoms with Gasteiger partial charge in [-0.2, -0.15) is 5.10 Å². The third kappa shape index (κ3) is 2.79. The van der Waals surface area contributed by atoms with Crippen molar-refractivity contribution in [3.63, 3.8) is 0 Å². The van der Waals surface area contributed by atoms with Crippen molar-refractivity contribution in [3.8, 4) is 0 Å². The lowest BCUT2D eigenvalue weighted by atomic mass is 10.1. The number of likely N-dealkylation sites (tertiary alicyclic amines) is 1. The first-order valence-electron chi connectivity index (χ1n) is 5.54. The highest BCUT2D eigenvalue weighted by molar-refractivity contribution is 5.76. The Hall–Kier alpha value is -1.43. The number of hydrogen-bond donors (Lipinski definition) is 1. The summed E-state index contributed by atoms with van der Waals surface area (Å²) >= 11 is 0. The minimum absolute atomic E-state index is 0.127. The molecule has 0 aromatic carbocycles. The predicted octanol–water partition coefficient (Wildman–Crippen LogP) is -0.349. The molecule has 1 aliphatic rings. The van der Waals surface area contributed by atoms with E-state index in [0.29, 0.717) is 38.9 Å². The van der Waals surface area contributed by atoms with E-state index in [9.17, 15) is 9.90 Å². The Morgan fingerprint density at radius 3 is 2.81 bits per heavy atom. The van der Waals surface area contributed by atoms with E-state index in [4.69, 9.17) is 0 Å². The smallest absolute Gasteiger partial charge is 0.224 e. The molecule has 16 heavy (non-hydrogen) atoms. The molecule has 6 heteroatoms. The highest BCUT2D eigenvalue weighted by atomic mass is 16.3. The maximum atomic E-state index is 11.8. The van der Waals surface area contributed by atoms with E-state index in [1.54, 1.807) is 11.0 Å². The van der Waals surface area contributed by atoms with Crippen molar-refractivity contribution in [3.05, 3.63) is 12.7 Å². The maximum Gasteiger partial charge on any atom is 0.224 e. The second kappa shape index (κ2) is 5.07. The average molecular weight is 224 g/mol. The fourth-order valence-corrected chi connectivity index (χ4v) is 1.83. The number of piperidine rings is 1. The Morgan fingerprint density at radius 2 is 2.19 bits per heavy atom. The SMILES string of the molecule is O=C(CCn1cncn1)N1CCC(O)CC1. The molecule has 1 fully saturated rings. The van der Waals surface area contributed by atoms with Crippen LogP contribution in [0.2, 0.25) is 0 Å². The van der Waals surface area contributed by atoms with Crippen LogP contribution in [0.15, 0.2) is 12.7 Å². The van der Waals surface area contributed by atoms with Crippen LogP contribution in [-0.4, -0.2) is 49.9 Å². The summed E-state index contributed by atoms with van der Waals surface area (Å²) < 4.78 is 1.65. The zero-order chi connectivity index (χ0) is 11.4. The van der Waals surface area contributed by atoms with Crippen LogP contribution in [0.5, 0.6) is 0 Å². The monoisotopic (exact) mass is 224 g/mol. The van der Waals surface area contributed by atoms with E-state index in [1.165, 1.54) is 6.33 Å². The van der Waals surface area contributed by atoms with Crippen LogP contribution in [0.1, 0.15) is 19.3 Å². The summed E-state index contributed by atoms with van der Waals surface area (Å²) in [6.07, 6.45) is 4.65. The van der Waals surface area contributed by atoms with E-state index in [1.807, 2.05) is 4.90 Å². The minimum atomic E-state index is -0.237. The van der Waals surface area contributed by atoms with Gasteiger partial charge in [0, 0.05) is 19.5 Å². The first-order valence-corrected chi connectivity index (χ1v) is 5.54. The molecule has 0 radical (unpaired) electrons. The predicted molar refractivity (Wildman–Crippen MR) is 56.5 cm³/mol. The lowest BCUT2D eigenvalue weighted by molar-refractivity contribution is -0.133. The van der Waals surface area contributed by atoms with E-state index < -0.39 is 0 Å². The van der Waals surface area contributed by atoms with Gasteiger partial charge < -0.3 is 10.0 Å². The maximum absolute atomic E-state index is 11.8. The van der Waals surface area contributed by atoms with Gasteiger partial charge >= 0.3 is 0 Å². The van der Waals surface area contributed by atoms with Crippen molar-refractivity contribution in [1.29, 1.82) is 0 Å². The normalized spacial score (nSPS) is 17.7. The topological polar surface area (TPSA) is 71.2 Å². The minimum Gasteiger partial charge on any atom is -0.393 e. The van der Waals surface area contributed by atoms with Gasteiger partial charge in [-0.05, 0) is 12.8 Å². The molecule has 88 valence electrons. The Balaban J connectivity index is 1.75. The Morgan fingerprint density at radius 1 is 1.44 bits per heavy atom. The zero-order valence-corrected chi connectivity index (χ0v) is 9.12. The number of hydrogen-bond acceptors (Lipinski definition) is 4. The van der Waals surface area contributed by atoms with Crippen LogP contribution in [-0.2, 0) is 11.3 Å². The summed E-state index contributed by atoms with van der Waals surface area (Å²) in [5.74, 6) is 0.127. The molecule has 0 saturated carbocycles. The quantitative estimate of drug-likeness (QED) is 0.762. The number of carbonyl (C=O) groups is 1. The molecule has 2 rings (SSSR count). The number of aryl methyl sites for hydroxylation is 1. The largest absolute Gasteiger partial charge is 0.393 e. The molecule has 0 spiro atoms. The molecule has 1 aromatic heterocycles. The van der Waals surface area contributed by atoms with Crippen LogP contribution >= 0.6 is 0 Å². The first kappa shape index (κ1) is 11.1. The van der Waals surface area contributed by atoms with E-state index in [2.05, 4.69) is 10.1 Å². The van der Waals surface area contributed by atoms with Crippen molar-refractivity contribution < 1.29 is 9.90 Å². The number of nitrogens with zero attached hydrogens (tertiary/aromatic N) is 4. The Kier molecular flexibility index (Phi) is 3.51. The molecule has 2 heterocycles. The van der Waals surface area contributed by atoms with Gasteiger partial charge in [0.25, 0.3) is 0 Å². The van der Waals surface area contributed by atoms with Crippen LogP contribution in [0.4, 0.5) is 0 Å². The molecule has 0 aliphatic carbocycles. The molecule has 0 atom stereocenters. The van der Waals surface area contributed by atoms with Gasteiger partial charge in [-0.3, -0.25) is 9.48 Å². The van der Waals surface area contributed by atoms with E-state index in [0.717, 1.165) is 0 Å². The zero-order valence-electron chi connectivity index (χ0n) is 9.12. The lowest BCUT2D eigenvalue weighted by Gasteiger charge is -2.29. The third-order valence-electron chi connectivity index (χ3n) is 2.84. The standard InChI is InChI=1S/C10H16N4O2/c15-9-1-4-13(5-2-9)10(16)3-6-14-8-11-7-12-14/h7-9,15H,1-6H2. The number of carbonyl (C=O) groups excluding carboxylic acids is 1. The molecular weight excluding hydrogens is 208 g/mol. The molecule has 1 amide bonds. The van der Waals surface area contributed by atoms with Crippen molar-refractivity contribution in [2.24, 2.45) is 0 Å². The highest BCUT2D eigenvalue weighted by Crippen LogP contribution is 2.11. The summed E-state index contributed by atoms with van der Waals surface area (Å²) in [7, 11) is 0. The van der Waals surface area contributed by atoms with Crippen molar-refractivity contribution in [1.82, 2.24) is 19.7 Å². The Labute approximate surface area is 93.9 Å². The number of amides is 1. The summed E-state index contributed by atoms with van der Waals surface area (Å²) in [4.78, 5) is 17.4. The van der Waals surface area contributed by atoms with Crippen molar-refractivity contribution >= 4 is 5.91 Å². The summed E-state index contributed by atoms with van der Waals surface area (Å²) in [5.41, 5.74) is 0. The van der Waals surface area contributed by atoms with Crippen LogP contribution in [0, 0.1) is 0 Å². The van der Waals surface area contributed by atoms with Gasteiger partial charge in [-0.25, -0.2) is 4.98 Å². The molecule has 0 bridgehead atoms. The summed E-state index contributed by atoms with van der Waals surface area (Å²) in [5, 5.41) is 13.3. The number of aliphatic hydroxyl groups is 1. The second-order valence-electron chi connectivity index (χ2n) is 4.02. The van der Waals surface area contributed by atoms with Gasteiger partial charge in [-0.15, -0.1) is 0 Å². The fourth-order valence-electron chi connectivity index (χ4n) is 1.83. The molecule has 1 saturated heterocycles. The van der Waals surface area contributed by atoms with Crippen LogP contribution in [0.3, 0.4) is 0 Å². The van der Waals surface area contributed by atoms with Gasteiger partial charge in [0.2, 0.25) is 5.91 Å². The van der Waals surface area contributed by atoms with Gasteiger partial charge in [0.15, 0.2) is 0 Å². The number of rotatable bonds is 3. The van der Waals surface area contributed by atoms with Crippen molar-refractivity contribution in [2.75, 3.05) is 13.1 Å². The van der Waals surface area contributed by atoms with Gasteiger partial charge in [-0.1, -0.05) is 0 Å². The number of aromatic nitrogens is 3. The fraction of sp³-hybridized carbons (Fsp3) is 0.700. The molecule has 1 aliphatic heterocycles. The molecule has 6 nitrogen and oxygen atoms in total. The van der Waals surface area contributed by atoms with Gasteiger partial charge in [0.1, 0.15) is 12.7 Å². The molecule has 0 unspecified atom stereocenters. The third-order valence-corrected chi connectivity index (χ3v) is 2.84. The number of aliphatic hydroxyl groups excluding tert-OH is 1. The van der Waals surface area contributed by atoms with Crippen LogP contribution < -0.4 is 0 Å². The second-order valence-corrected chi connectivity index (χ2v) is 4.02. The molecule has 1 N–H and O–H groups in total. The van der Waals surface area contributed by atoms with E-state index in [-0.39, 0.29) is 12.0 Å². The lowest BCUT2D eigenvalue weighted by Crippen LogP contribution is -2.40. The first-order chi connectivity index (χ1) is 7.75. The average Bonchev–Trinajstić information content (AvgIpc) is 2.80. The molecular formula is C10H16N4O2. The summed E-state index contributed by atoms with van der Waals surface area (Å²) in [6.45, 7) is 1.90. The van der Waals surface area contributed by atoms with Crippen LogP contribution in [0.25, 0.3) is 0 Å². The van der Waals surface area contributed by atoms with E-state index >= 15 is 0 Å². The highest BCUT2D eigenvalue weighted by Gasteiger charge is 2.20. The molecule has 1 aromatic rings. The van der Waals surface area contributed by atoms with Crippen molar-refractivity contribution in [2.45, 2.75) is 31.9 Å². The summed E-state index contributed by atoms with van der Waals surface area (Å²) in [6, 6.07) is 0.